The number of carbonyl (C=O) groups is 2. The number of hydrogen-bond acceptors (Lipinski definition) is 3. The Kier molecular flexibility index (Phi) is 6.70. The van der Waals surface area contributed by atoms with Gasteiger partial charge >= 0.3 is 5.97 Å². The maximum Gasteiger partial charge on any atom is 0.307 e. The van der Waals surface area contributed by atoms with Crippen molar-refractivity contribution in [1.82, 2.24) is 4.90 Å². The van der Waals surface area contributed by atoms with Crippen LogP contribution in [0.15, 0.2) is 24.3 Å². The van der Waals surface area contributed by atoms with Gasteiger partial charge in [-0.15, -0.1) is 0 Å². The predicted molar refractivity (Wildman–Crippen MR) is 73.6 cm³/mol. The Labute approximate surface area is 118 Å². The van der Waals surface area contributed by atoms with Crippen LogP contribution in [-0.4, -0.2) is 36.5 Å². The summed E-state index contributed by atoms with van der Waals surface area (Å²) in [5, 5.41) is 0. The Morgan fingerprint density at radius 1 is 1.20 bits per heavy atom. The maximum atomic E-state index is 12.8. The van der Waals surface area contributed by atoms with Crippen molar-refractivity contribution >= 4 is 11.9 Å². The van der Waals surface area contributed by atoms with E-state index >= 15 is 0 Å². The lowest BCUT2D eigenvalue weighted by molar-refractivity contribution is -0.143. The van der Waals surface area contributed by atoms with Crippen molar-refractivity contribution in [1.29, 1.82) is 0 Å². The highest BCUT2D eigenvalue weighted by Gasteiger charge is 2.11. The van der Waals surface area contributed by atoms with Crippen LogP contribution in [0.4, 0.5) is 4.39 Å². The number of ether oxygens (including phenoxy) is 1. The third-order valence-electron chi connectivity index (χ3n) is 2.92. The van der Waals surface area contributed by atoms with E-state index in [1.165, 1.54) is 19.1 Å². The number of rotatable bonds is 7. The first-order valence-electron chi connectivity index (χ1n) is 6.68. The van der Waals surface area contributed by atoms with Gasteiger partial charge in [-0.05, 0) is 31.0 Å². The summed E-state index contributed by atoms with van der Waals surface area (Å²) in [6.07, 6.45) is 0.819. The van der Waals surface area contributed by atoms with Gasteiger partial charge in [0.05, 0.1) is 13.0 Å². The molecule has 1 amide bonds. The second kappa shape index (κ2) is 8.30. The van der Waals surface area contributed by atoms with Crippen LogP contribution in [0.5, 0.6) is 0 Å². The van der Waals surface area contributed by atoms with Crippen LogP contribution in [0, 0.1) is 5.82 Å². The molecule has 0 aliphatic carbocycles. The molecule has 0 bridgehead atoms. The zero-order valence-electron chi connectivity index (χ0n) is 11.9. The van der Waals surface area contributed by atoms with Crippen LogP contribution in [0.25, 0.3) is 0 Å². The molecule has 1 aromatic rings. The van der Waals surface area contributed by atoms with Crippen LogP contribution in [-0.2, 0) is 20.7 Å². The smallest absolute Gasteiger partial charge is 0.307 e. The number of carbonyl (C=O) groups excluding carboxylic acids is 2. The third kappa shape index (κ3) is 5.82. The zero-order chi connectivity index (χ0) is 15.0. The molecule has 4 nitrogen and oxygen atoms in total. The average molecular weight is 281 g/mol. The van der Waals surface area contributed by atoms with Gasteiger partial charge in [0, 0.05) is 20.0 Å². The molecule has 0 aromatic heterocycles. The van der Waals surface area contributed by atoms with Gasteiger partial charge in [0.1, 0.15) is 5.82 Å². The van der Waals surface area contributed by atoms with Gasteiger partial charge in [0.2, 0.25) is 5.91 Å². The van der Waals surface area contributed by atoms with E-state index in [9.17, 15) is 14.0 Å². The molecule has 20 heavy (non-hydrogen) atoms. The van der Waals surface area contributed by atoms with Gasteiger partial charge in [-0.1, -0.05) is 12.1 Å². The molecule has 0 atom stereocenters. The molecule has 0 spiro atoms. The largest absolute Gasteiger partial charge is 0.466 e. The Hall–Kier alpha value is -1.91. The monoisotopic (exact) mass is 281 g/mol. The van der Waals surface area contributed by atoms with E-state index < -0.39 is 0 Å². The molecule has 0 unspecified atom stereocenters. The molecule has 0 saturated heterocycles. The minimum atomic E-state index is -0.305. The Morgan fingerprint density at radius 2 is 1.85 bits per heavy atom. The minimum absolute atomic E-state index is 0.0867. The summed E-state index contributed by atoms with van der Waals surface area (Å²) in [5.41, 5.74) is 0.953. The molecule has 0 N–H and O–H groups in total. The van der Waals surface area contributed by atoms with Crippen molar-refractivity contribution in [2.75, 3.05) is 19.7 Å². The number of amides is 1. The van der Waals surface area contributed by atoms with Crippen LogP contribution in [0.3, 0.4) is 0 Å². The van der Waals surface area contributed by atoms with E-state index in [1.54, 1.807) is 24.0 Å². The summed E-state index contributed by atoms with van der Waals surface area (Å²) in [5.74, 6) is -0.670. The molecular weight excluding hydrogens is 261 g/mol. The van der Waals surface area contributed by atoms with Crippen LogP contribution >= 0.6 is 0 Å². The van der Waals surface area contributed by atoms with E-state index in [2.05, 4.69) is 0 Å². The number of nitrogens with zero attached hydrogens (tertiary/aromatic N) is 1. The fourth-order valence-corrected chi connectivity index (χ4v) is 1.80. The topological polar surface area (TPSA) is 46.6 Å². The summed E-state index contributed by atoms with van der Waals surface area (Å²) in [6, 6.07) is 6.18. The number of hydrogen-bond donors (Lipinski definition) is 0. The quantitative estimate of drug-likeness (QED) is 0.720. The molecule has 110 valence electrons. The SMILES string of the molecule is CCOC(=O)CCN(CCc1ccc(F)cc1)C(C)=O. The Balaban J connectivity index is 2.44. The minimum Gasteiger partial charge on any atom is -0.466 e. The molecule has 0 aliphatic rings. The lowest BCUT2D eigenvalue weighted by atomic mass is 10.1. The van der Waals surface area contributed by atoms with Crippen LogP contribution in [0.2, 0.25) is 0 Å². The summed E-state index contributed by atoms with van der Waals surface area (Å²) in [7, 11) is 0. The Bertz CT molecular complexity index is 445. The van der Waals surface area contributed by atoms with Crippen molar-refractivity contribution in [2.45, 2.75) is 26.7 Å². The van der Waals surface area contributed by atoms with Gasteiger partial charge in [-0.2, -0.15) is 0 Å². The van der Waals surface area contributed by atoms with Crippen molar-refractivity contribution in [3.63, 3.8) is 0 Å². The highest BCUT2D eigenvalue weighted by Crippen LogP contribution is 2.05. The van der Waals surface area contributed by atoms with Gasteiger partial charge in [0.25, 0.3) is 0 Å². The van der Waals surface area contributed by atoms with Gasteiger partial charge in [-0.25, -0.2) is 4.39 Å². The van der Waals surface area contributed by atoms with E-state index in [0.717, 1.165) is 5.56 Å². The van der Waals surface area contributed by atoms with E-state index in [1.807, 2.05) is 0 Å². The van der Waals surface area contributed by atoms with Crippen LogP contribution in [0.1, 0.15) is 25.8 Å². The van der Waals surface area contributed by atoms with Crippen molar-refractivity contribution < 1.29 is 18.7 Å². The molecule has 0 radical (unpaired) electrons. The molecular formula is C15H20FNO3. The van der Waals surface area contributed by atoms with Gasteiger partial charge in [0.15, 0.2) is 0 Å². The fraction of sp³-hybridized carbons (Fsp3) is 0.467. The number of halogens is 1. The zero-order valence-corrected chi connectivity index (χ0v) is 11.9. The lowest BCUT2D eigenvalue weighted by Gasteiger charge is -2.20. The highest BCUT2D eigenvalue weighted by molar-refractivity contribution is 5.75. The molecule has 0 fully saturated rings. The first kappa shape index (κ1) is 16.1. The second-order valence-corrected chi connectivity index (χ2v) is 4.44. The molecule has 1 rings (SSSR count). The number of benzene rings is 1. The van der Waals surface area contributed by atoms with Crippen molar-refractivity contribution in [3.8, 4) is 0 Å². The fourth-order valence-electron chi connectivity index (χ4n) is 1.80. The first-order valence-corrected chi connectivity index (χ1v) is 6.68. The standard InChI is InChI=1S/C15H20FNO3/c1-3-20-15(19)9-11-17(12(2)18)10-8-13-4-6-14(16)7-5-13/h4-7H,3,8-11H2,1-2H3. The molecule has 0 aliphatic heterocycles. The van der Waals surface area contributed by atoms with E-state index in [4.69, 9.17) is 4.74 Å². The van der Waals surface area contributed by atoms with E-state index in [0.29, 0.717) is 26.1 Å². The Morgan fingerprint density at radius 3 is 2.40 bits per heavy atom. The number of esters is 1. The predicted octanol–water partition coefficient (Wildman–Crippen LogP) is 2.17. The lowest BCUT2D eigenvalue weighted by Crippen LogP contribution is -2.33. The van der Waals surface area contributed by atoms with E-state index in [-0.39, 0.29) is 24.1 Å². The molecule has 0 heterocycles. The average Bonchev–Trinajstić information content (AvgIpc) is 2.40. The van der Waals surface area contributed by atoms with Crippen molar-refractivity contribution in [2.24, 2.45) is 0 Å². The molecule has 1 aromatic carbocycles. The van der Waals surface area contributed by atoms with Crippen molar-refractivity contribution in [3.05, 3.63) is 35.6 Å². The highest BCUT2D eigenvalue weighted by atomic mass is 19.1. The summed E-state index contributed by atoms with van der Waals surface area (Å²) in [6.45, 7) is 4.40. The summed E-state index contributed by atoms with van der Waals surface area (Å²) in [4.78, 5) is 24.4. The normalized spacial score (nSPS) is 10.2. The molecule has 5 heteroatoms. The third-order valence-corrected chi connectivity index (χ3v) is 2.92. The summed E-state index contributed by atoms with van der Waals surface area (Å²) >= 11 is 0. The summed E-state index contributed by atoms with van der Waals surface area (Å²) < 4.78 is 17.6. The van der Waals surface area contributed by atoms with Gasteiger partial charge in [-0.3, -0.25) is 9.59 Å². The maximum absolute atomic E-state index is 12.8. The second-order valence-electron chi connectivity index (χ2n) is 4.44. The molecule has 0 saturated carbocycles. The van der Waals surface area contributed by atoms with Gasteiger partial charge < -0.3 is 9.64 Å². The first-order chi connectivity index (χ1) is 9.52. The van der Waals surface area contributed by atoms with Crippen LogP contribution < -0.4 is 0 Å².